The van der Waals surface area contributed by atoms with Crippen LogP contribution >= 0.6 is 19.0 Å². The topological polar surface area (TPSA) is 35.5 Å². The number of hydrogen-bond donors (Lipinski definition) is 0. The molecule has 120 valence electrons. The number of rotatable bonds is 7. The Balaban J connectivity index is 2.59. The molecule has 1 aliphatic heterocycles. The normalized spacial score (nSPS) is 20.5. The van der Waals surface area contributed by atoms with Crippen LogP contribution < -0.4 is 10.0 Å². The van der Waals surface area contributed by atoms with Crippen molar-refractivity contribution in [2.45, 2.75) is 39.5 Å². The molecule has 1 aromatic carbocycles. The Labute approximate surface area is 137 Å². The predicted molar refractivity (Wildman–Crippen MR) is 92.3 cm³/mol. The lowest BCUT2D eigenvalue weighted by molar-refractivity contribution is 0.333. The molecule has 0 saturated carbocycles. The van der Waals surface area contributed by atoms with E-state index in [1.165, 1.54) is 0 Å². The van der Waals surface area contributed by atoms with Crippen molar-refractivity contribution in [3.8, 4) is 5.75 Å². The van der Waals surface area contributed by atoms with E-state index in [-0.39, 0.29) is 0 Å². The monoisotopic (exact) mass is 340 g/mol. The molecule has 0 bridgehead atoms. The van der Waals surface area contributed by atoms with Crippen molar-refractivity contribution in [3.63, 3.8) is 0 Å². The molecular weight excluding hydrogens is 319 g/mol. The number of allylic oxidation sites excluding steroid dienone is 3. The minimum Gasteiger partial charge on any atom is -0.460 e. The van der Waals surface area contributed by atoms with Crippen LogP contribution in [-0.2, 0) is 9.09 Å². The average Bonchev–Trinajstić information content (AvgIpc) is 2.50. The van der Waals surface area contributed by atoms with Gasteiger partial charge in [-0.1, -0.05) is 31.0 Å². The first-order valence-electron chi connectivity index (χ1n) is 7.62. The van der Waals surface area contributed by atoms with Crippen LogP contribution in [0.3, 0.4) is 0 Å². The largest absolute Gasteiger partial charge is 0.460 e. The fourth-order valence-corrected chi connectivity index (χ4v) is 5.31. The number of halogens is 1. The first kappa shape index (κ1) is 17.3. The summed E-state index contributed by atoms with van der Waals surface area (Å²) in [4.78, 5) is 0. The average molecular weight is 341 g/mol. The highest BCUT2D eigenvalue weighted by Gasteiger charge is 2.39. The molecule has 3 nitrogen and oxygen atoms in total. The molecule has 0 radical (unpaired) electrons. The smallest absolute Gasteiger partial charge is 0.264 e. The van der Waals surface area contributed by atoms with Gasteiger partial charge in [-0.05, 0) is 38.0 Å². The lowest BCUT2D eigenvalue weighted by Gasteiger charge is -2.30. The van der Waals surface area contributed by atoms with Gasteiger partial charge in [-0.2, -0.15) is 0 Å². The minimum atomic E-state index is -3.15. The molecule has 2 rings (SSSR count). The molecule has 5 heteroatoms. The van der Waals surface area contributed by atoms with Gasteiger partial charge in [-0.15, -0.1) is 6.58 Å². The fraction of sp³-hybridized carbons (Fsp3) is 0.412. The van der Waals surface area contributed by atoms with Crippen LogP contribution in [0.4, 0.5) is 0 Å². The Hall–Kier alpha value is -1.02. The van der Waals surface area contributed by atoms with E-state index in [1.807, 2.05) is 6.92 Å². The van der Waals surface area contributed by atoms with E-state index in [4.69, 9.17) is 20.9 Å². The van der Waals surface area contributed by atoms with Gasteiger partial charge in [0, 0.05) is 11.4 Å². The number of fused-ring (bicyclic) bond motifs is 1. The molecule has 0 aliphatic carbocycles. The second-order valence-corrected chi connectivity index (χ2v) is 7.97. The van der Waals surface area contributed by atoms with Crippen LogP contribution in [0, 0.1) is 0 Å². The van der Waals surface area contributed by atoms with Crippen molar-refractivity contribution < 1.29 is 13.8 Å². The van der Waals surface area contributed by atoms with Gasteiger partial charge in [-0.3, -0.25) is 4.57 Å². The molecule has 1 aromatic rings. The maximum Gasteiger partial charge on any atom is 0.264 e. The second-order valence-electron chi connectivity index (χ2n) is 5.15. The van der Waals surface area contributed by atoms with Gasteiger partial charge in [0.2, 0.25) is 0 Å². The molecule has 0 N–H and O–H groups in total. The van der Waals surface area contributed by atoms with Gasteiger partial charge in [0.1, 0.15) is 11.5 Å². The van der Waals surface area contributed by atoms with E-state index in [0.29, 0.717) is 34.4 Å². The van der Waals surface area contributed by atoms with Gasteiger partial charge < -0.3 is 9.26 Å². The van der Waals surface area contributed by atoms with Gasteiger partial charge in [-0.25, -0.2) is 0 Å². The lowest BCUT2D eigenvalue weighted by Crippen LogP contribution is -2.21. The third-order valence-corrected chi connectivity index (χ3v) is 6.54. The summed E-state index contributed by atoms with van der Waals surface area (Å²) in [5, 5.41) is 1.80. The summed E-state index contributed by atoms with van der Waals surface area (Å²) in [5.74, 6) is 1.34. The first-order chi connectivity index (χ1) is 10.6. The molecule has 1 atom stereocenters. The SMILES string of the molecule is C=CCC1=C(CCCC)Oc2ccc(Cl)cc2P1(=O)OCC. The molecule has 0 spiro atoms. The standard InChI is InChI=1S/C17H22ClO3P/c1-4-7-9-14-16(8-5-2)22(19,20-6-3)17-12-13(18)10-11-15(17)21-14/h5,10-12H,2,4,6-9H2,1,3H3. The van der Waals surface area contributed by atoms with E-state index in [9.17, 15) is 4.57 Å². The third kappa shape index (κ3) is 3.32. The molecule has 1 aliphatic rings. The van der Waals surface area contributed by atoms with E-state index in [1.54, 1.807) is 24.3 Å². The minimum absolute atomic E-state index is 0.366. The van der Waals surface area contributed by atoms with Crippen LogP contribution in [0.5, 0.6) is 5.75 Å². The number of hydrogen-bond acceptors (Lipinski definition) is 3. The third-order valence-electron chi connectivity index (χ3n) is 3.55. The van der Waals surface area contributed by atoms with Crippen molar-refractivity contribution in [3.05, 3.63) is 47.0 Å². The Bertz CT molecular complexity index is 637. The second kappa shape index (κ2) is 7.50. The summed E-state index contributed by atoms with van der Waals surface area (Å²) >= 11 is 6.08. The zero-order valence-corrected chi connectivity index (χ0v) is 14.8. The summed E-state index contributed by atoms with van der Waals surface area (Å²) in [6, 6.07) is 5.19. The Morgan fingerprint density at radius 1 is 1.41 bits per heavy atom. The van der Waals surface area contributed by atoms with Gasteiger partial charge >= 0.3 is 0 Å². The van der Waals surface area contributed by atoms with Crippen molar-refractivity contribution in [1.82, 2.24) is 0 Å². The molecule has 0 saturated heterocycles. The van der Waals surface area contributed by atoms with Crippen molar-refractivity contribution in [2.24, 2.45) is 0 Å². The maximum atomic E-state index is 13.6. The van der Waals surface area contributed by atoms with Crippen LogP contribution in [0.25, 0.3) is 0 Å². The van der Waals surface area contributed by atoms with Crippen molar-refractivity contribution in [2.75, 3.05) is 6.61 Å². The van der Waals surface area contributed by atoms with Gasteiger partial charge in [0.25, 0.3) is 7.37 Å². The first-order valence-corrected chi connectivity index (χ1v) is 9.63. The lowest BCUT2D eigenvalue weighted by atomic mass is 10.2. The highest BCUT2D eigenvalue weighted by Crippen LogP contribution is 2.61. The van der Waals surface area contributed by atoms with Crippen molar-refractivity contribution in [1.29, 1.82) is 0 Å². The summed E-state index contributed by atoms with van der Waals surface area (Å²) in [7, 11) is -3.15. The molecule has 0 aromatic heterocycles. The van der Waals surface area contributed by atoms with E-state index in [0.717, 1.165) is 25.0 Å². The number of ether oxygens (including phenoxy) is 1. The fourth-order valence-electron chi connectivity index (χ4n) is 2.54. The Morgan fingerprint density at radius 2 is 2.18 bits per heavy atom. The summed E-state index contributed by atoms with van der Waals surface area (Å²) in [6.07, 6.45) is 5.00. The summed E-state index contributed by atoms with van der Waals surface area (Å²) < 4.78 is 25.4. The zero-order valence-electron chi connectivity index (χ0n) is 13.1. The van der Waals surface area contributed by atoms with E-state index in [2.05, 4.69) is 13.5 Å². The highest BCUT2D eigenvalue weighted by molar-refractivity contribution is 7.71. The molecule has 0 amide bonds. The van der Waals surface area contributed by atoms with Gasteiger partial charge in [0.05, 0.1) is 17.2 Å². The number of unbranched alkanes of at least 4 members (excludes halogenated alkanes) is 1. The molecule has 22 heavy (non-hydrogen) atoms. The quantitative estimate of drug-likeness (QED) is 0.475. The summed E-state index contributed by atoms with van der Waals surface area (Å²) in [5.41, 5.74) is 0. The van der Waals surface area contributed by atoms with Crippen LogP contribution in [0.1, 0.15) is 39.5 Å². The van der Waals surface area contributed by atoms with Crippen LogP contribution in [0.2, 0.25) is 5.02 Å². The highest BCUT2D eigenvalue weighted by atomic mass is 35.5. The van der Waals surface area contributed by atoms with Crippen molar-refractivity contribution >= 4 is 24.3 Å². The molecular formula is C17H22ClO3P. The Morgan fingerprint density at radius 3 is 2.82 bits per heavy atom. The van der Waals surface area contributed by atoms with Crippen LogP contribution in [-0.4, -0.2) is 6.61 Å². The maximum absolute atomic E-state index is 13.6. The Kier molecular flexibility index (Phi) is 5.91. The summed E-state index contributed by atoms with van der Waals surface area (Å²) in [6.45, 7) is 8.10. The molecule has 0 fully saturated rings. The molecule has 1 unspecified atom stereocenters. The molecule has 1 heterocycles. The number of benzene rings is 1. The van der Waals surface area contributed by atoms with Crippen LogP contribution in [0.15, 0.2) is 41.9 Å². The predicted octanol–water partition coefficient (Wildman–Crippen LogP) is 5.65. The van der Waals surface area contributed by atoms with Gasteiger partial charge in [0.15, 0.2) is 0 Å². The van der Waals surface area contributed by atoms with E-state index < -0.39 is 7.37 Å². The van der Waals surface area contributed by atoms with E-state index >= 15 is 0 Å². The zero-order chi connectivity index (χ0) is 16.2.